The van der Waals surface area contributed by atoms with Crippen molar-refractivity contribution in [2.24, 2.45) is 0 Å². The Kier molecular flexibility index (Phi) is 8.88. The van der Waals surface area contributed by atoms with Crippen molar-refractivity contribution in [1.82, 2.24) is 25.3 Å². The molecule has 1 aromatic heterocycles. The summed E-state index contributed by atoms with van der Waals surface area (Å²) in [7, 11) is 0. The highest BCUT2D eigenvalue weighted by atomic mass is 35.5. The van der Waals surface area contributed by atoms with Crippen molar-refractivity contribution in [3.63, 3.8) is 0 Å². The largest absolute Gasteiger partial charge is 0.353 e. The molecule has 3 amide bonds. The minimum absolute atomic E-state index is 0.00381. The summed E-state index contributed by atoms with van der Waals surface area (Å²) in [6.07, 6.45) is 1.62. The molecule has 2 aromatic rings. The molecule has 0 aliphatic carbocycles. The van der Waals surface area contributed by atoms with Gasteiger partial charge in [0.1, 0.15) is 6.54 Å². The van der Waals surface area contributed by atoms with Crippen LogP contribution < -0.4 is 10.2 Å². The van der Waals surface area contributed by atoms with E-state index in [0.717, 1.165) is 36.5 Å². The number of urea groups is 1. The first-order chi connectivity index (χ1) is 15.9. The summed E-state index contributed by atoms with van der Waals surface area (Å²) >= 11 is 6.27. The summed E-state index contributed by atoms with van der Waals surface area (Å²) in [5.74, 6) is 0.757. The molecule has 0 saturated carbocycles. The van der Waals surface area contributed by atoms with Crippen LogP contribution in [-0.4, -0.2) is 77.2 Å². The number of amides is 3. The Morgan fingerprint density at radius 2 is 1.88 bits per heavy atom. The van der Waals surface area contributed by atoms with Crippen LogP contribution in [0.3, 0.4) is 0 Å². The number of rotatable bonds is 7. The normalized spacial score (nSPS) is 15.0. The van der Waals surface area contributed by atoms with Gasteiger partial charge in [-0.1, -0.05) is 36.7 Å². The summed E-state index contributed by atoms with van der Waals surface area (Å²) < 4.78 is 0. The highest BCUT2D eigenvalue weighted by Gasteiger charge is 2.26. The summed E-state index contributed by atoms with van der Waals surface area (Å²) in [6.45, 7) is 9.18. The highest BCUT2D eigenvalue weighted by Crippen LogP contribution is 2.26. The van der Waals surface area contributed by atoms with E-state index in [-0.39, 0.29) is 24.5 Å². The zero-order valence-corrected chi connectivity index (χ0v) is 20.4. The molecule has 1 saturated heterocycles. The number of carbonyl (C=O) groups excluding carboxylic acids is 2. The predicted molar refractivity (Wildman–Crippen MR) is 131 cm³/mol. The second-order valence-corrected chi connectivity index (χ2v) is 8.61. The Bertz CT molecular complexity index is 939. The van der Waals surface area contributed by atoms with E-state index < -0.39 is 0 Å². The SMILES string of the molecule is CCNC(=O)N(CC(=O)N1CCCN(c2ccc(-c3ccccc3Cl)nn2)CC1)C(C)CC. The molecule has 0 spiro atoms. The molecule has 0 radical (unpaired) electrons. The third kappa shape index (κ3) is 6.35. The Labute approximate surface area is 200 Å². The topological polar surface area (TPSA) is 81.7 Å². The summed E-state index contributed by atoms with van der Waals surface area (Å²) in [4.78, 5) is 31.1. The van der Waals surface area contributed by atoms with Gasteiger partial charge >= 0.3 is 6.03 Å². The molecule has 2 heterocycles. The van der Waals surface area contributed by atoms with Gasteiger partial charge in [0.05, 0.1) is 10.7 Å². The predicted octanol–water partition coefficient (Wildman–Crippen LogP) is 3.67. The third-order valence-electron chi connectivity index (χ3n) is 5.99. The average molecular weight is 473 g/mol. The molecule has 8 nitrogen and oxygen atoms in total. The van der Waals surface area contributed by atoms with Gasteiger partial charge in [-0.05, 0) is 44.9 Å². The fraction of sp³-hybridized carbons (Fsp3) is 0.500. The maximum Gasteiger partial charge on any atom is 0.318 e. The Balaban J connectivity index is 1.62. The van der Waals surface area contributed by atoms with Crippen molar-refractivity contribution in [2.45, 2.75) is 39.7 Å². The quantitative estimate of drug-likeness (QED) is 0.665. The summed E-state index contributed by atoms with van der Waals surface area (Å²) in [6, 6.07) is 11.2. The molecule has 1 aromatic carbocycles. The van der Waals surface area contributed by atoms with E-state index in [1.165, 1.54) is 0 Å². The lowest BCUT2D eigenvalue weighted by Crippen LogP contribution is -2.50. The standard InChI is InChI=1S/C24H33ClN6O2/c1-4-18(3)31(24(33)26-5-2)17-23(32)30-14-8-13-29(15-16-30)22-12-11-21(27-28-22)19-9-6-7-10-20(19)25/h6-7,9-12,18H,4-5,8,13-17H2,1-3H3,(H,26,33). The van der Waals surface area contributed by atoms with Crippen LogP contribution in [0.4, 0.5) is 10.6 Å². The van der Waals surface area contributed by atoms with E-state index in [1.54, 1.807) is 4.90 Å². The van der Waals surface area contributed by atoms with Crippen molar-refractivity contribution in [3.8, 4) is 11.3 Å². The molecule has 1 aliphatic heterocycles. The second-order valence-electron chi connectivity index (χ2n) is 8.20. The second kappa shape index (κ2) is 11.8. The van der Waals surface area contributed by atoms with E-state index in [1.807, 2.05) is 62.1 Å². The van der Waals surface area contributed by atoms with Crippen LogP contribution in [-0.2, 0) is 4.79 Å². The number of hydrogen-bond donors (Lipinski definition) is 1. The zero-order chi connectivity index (χ0) is 23.8. The number of benzene rings is 1. The van der Waals surface area contributed by atoms with E-state index in [4.69, 9.17) is 11.6 Å². The maximum absolute atomic E-state index is 13.0. The lowest BCUT2D eigenvalue weighted by molar-refractivity contribution is -0.132. The van der Waals surface area contributed by atoms with Gasteiger partial charge in [-0.2, -0.15) is 0 Å². The van der Waals surface area contributed by atoms with Gasteiger partial charge < -0.3 is 20.0 Å². The Hall–Kier alpha value is -2.87. The van der Waals surface area contributed by atoms with Crippen molar-refractivity contribution < 1.29 is 9.59 Å². The van der Waals surface area contributed by atoms with Gasteiger partial charge in [-0.15, -0.1) is 10.2 Å². The molecule has 1 fully saturated rings. The van der Waals surface area contributed by atoms with Crippen LogP contribution in [0.2, 0.25) is 5.02 Å². The van der Waals surface area contributed by atoms with E-state index >= 15 is 0 Å². The first-order valence-corrected chi connectivity index (χ1v) is 12.0. The van der Waals surface area contributed by atoms with E-state index in [2.05, 4.69) is 20.4 Å². The molecule has 1 unspecified atom stereocenters. The van der Waals surface area contributed by atoms with Crippen LogP contribution in [0.5, 0.6) is 0 Å². The molecule has 3 rings (SSSR count). The van der Waals surface area contributed by atoms with E-state index in [0.29, 0.717) is 31.2 Å². The number of halogens is 1. The Morgan fingerprint density at radius 3 is 2.55 bits per heavy atom. The highest BCUT2D eigenvalue weighted by molar-refractivity contribution is 6.33. The fourth-order valence-electron chi connectivity index (χ4n) is 3.85. The number of aromatic nitrogens is 2. The maximum atomic E-state index is 13.0. The Morgan fingerprint density at radius 1 is 1.09 bits per heavy atom. The average Bonchev–Trinajstić information content (AvgIpc) is 3.09. The number of hydrogen-bond acceptors (Lipinski definition) is 5. The third-order valence-corrected chi connectivity index (χ3v) is 6.32. The van der Waals surface area contributed by atoms with Crippen molar-refractivity contribution in [1.29, 1.82) is 0 Å². The van der Waals surface area contributed by atoms with Gasteiger partial charge in [0.15, 0.2) is 5.82 Å². The lowest BCUT2D eigenvalue weighted by atomic mass is 10.1. The van der Waals surface area contributed by atoms with E-state index in [9.17, 15) is 9.59 Å². The van der Waals surface area contributed by atoms with Gasteiger partial charge in [0.25, 0.3) is 0 Å². The first kappa shape index (κ1) is 24.8. The molecular formula is C24H33ClN6O2. The number of anilines is 1. The fourth-order valence-corrected chi connectivity index (χ4v) is 4.08. The first-order valence-electron chi connectivity index (χ1n) is 11.6. The number of nitrogens with one attached hydrogen (secondary N) is 1. The summed E-state index contributed by atoms with van der Waals surface area (Å²) in [5, 5.41) is 12.2. The van der Waals surface area contributed by atoms with Gasteiger partial charge in [0, 0.05) is 44.3 Å². The van der Waals surface area contributed by atoms with Gasteiger partial charge in [0.2, 0.25) is 5.91 Å². The van der Waals surface area contributed by atoms with Gasteiger partial charge in [-0.25, -0.2) is 4.79 Å². The molecule has 1 aliphatic rings. The molecule has 178 valence electrons. The lowest BCUT2D eigenvalue weighted by Gasteiger charge is -2.30. The monoisotopic (exact) mass is 472 g/mol. The molecule has 9 heteroatoms. The molecular weight excluding hydrogens is 440 g/mol. The van der Waals surface area contributed by atoms with Crippen LogP contribution in [0.25, 0.3) is 11.3 Å². The zero-order valence-electron chi connectivity index (χ0n) is 19.6. The molecule has 1 N–H and O–H groups in total. The van der Waals surface area contributed by atoms with Gasteiger partial charge in [-0.3, -0.25) is 4.79 Å². The van der Waals surface area contributed by atoms with Crippen molar-refractivity contribution in [2.75, 3.05) is 44.2 Å². The van der Waals surface area contributed by atoms with Crippen LogP contribution in [0.1, 0.15) is 33.6 Å². The number of carbonyl (C=O) groups is 2. The van der Waals surface area contributed by atoms with Crippen LogP contribution in [0.15, 0.2) is 36.4 Å². The minimum Gasteiger partial charge on any atom is -0.353 e. The molecule has 33 heavy (non-hydrogen) atoms. The smallest absolute Gasteiger partial charge is 0.318 e. The minimum atomic E-state index is -0.189. The van der Waals surface area contributed by atoms with Crippen molar-refractivity contribution in [3.05, 3.63) is 41.4 Å². The van der Waals surface area contributed by atoms with Crippen molar-refractivity contribution >= 4 is 29.4 Å². The number of nitrogens with zero attached hydrogens (tertiary/aromatic N) is 5. The summed E-state index contributed by atoms with van der Waals surface area (Å²) in [5.41, 5.74) is 1.58. The van der Waals surface area contributed by atoms with Crippen LogP contribution >= 0.6 is 11.6 Å². The molecule has 0 bridgehead atoms. The molecule has 1 atom stereocenters. The van der Waals surface area contributed by atoms with Crippen LogP contribution in [0, 0.1) is 0 Å².